The predicted octanol–water partition coefficient (Wildman–Crippen LogP) is 2.37. The van der Waals surface area contributed by atoms with Gasteiger partial charge in [0.25, 0.3) is 0 Å². The monoisotopic (exact) mass is 173 g/mol. The third-order valence-electron chi connectivity index (χ3n) is 3.27. The number of nitrogens with one attached hydrogen (secondary N) is 1. The van der Waals surface area contributed by atoms with Crippen LogP contribution in [0.4, 0.5) is 4.39 Å². The molecule has 0 bridgehead atoms. The first-order valence-corrected chi connectivity index (χ1v) is 4.94. The number of rotatable bonds is 2. The molecular formula is C10H20FN. The van der Waals surface area contributed by atoms with E-state index in [0.29, 0.717) is 0 Å². The van der Waals surface area contributed by atoms with Gasteiger partial charge in [-0.1, -0.05) is 13.8 Å². The van der Waals surface area contributed by atoms with Crippen molar-refractivity contribution in [1.82, 2.24) is 5.32 Å². The molecule has 1 N–H and O–H groups in total. The summed E-state index contributed by atoms with van der Waals surface area (Å²) in [6.45, 7) is 7.67. The van der Waals surface area contributed by atoms with Crippen molar-refractivity contribution in [3.8, 4) is 0 Å². The molecule has 1 saturated heterocycles. The number of alkyl halides is 1. The predicted molar refractivity (Wildman–Crippen MR) is 49.9 cm³/mol. The van der Waals surface area contributed by atoms with Gasteiger partial charge in [-0.05, 0) is 44.7 Å². The van der Waals surface area contributed by atoms with Crippen molar-refractivity contribution in [3.05, 3.63) is 0 Å². The lowest BCUT2D eigenvalue weighted by molar-refractivity contribution is 0.0329. The quantitative estimate of drug-likeness (QED) is 0.676. The first-order valence-electron chi connectivity index (χ1n) is 4.94. The number of hydrogen-bond donors (Lipinski definition) is 1. The Morgan fingerprint density at radius 2 is 1.83 bits per heavy atom. The van der Waals surface area contributed by atoms with Gasteiger partial charge in [0.1, 0.15) is 5.67 Å². The summed E-state index contributed by atoms with van der Waals surface area (Å²) in [5.74, 6) is 0.402. The van der Waals surface area contributed by atoms with E-state index in [9.17, 15) is 4.39 Å². The molecule has 0 saturated carbocycles. The topological polar surface area (TPSA) is 12.0 Å². The number of hydrogen-bond acceptors (Lipinski definition) is 1. The van der Waals surface area contributed by atoms with Crippen molar-refractivity contribution < 1.29 is 4.39 Å². The fourth-order valence-electron chi connectivity index (χ4n) is 1.86. The zero-order chi connectivity index (χ0) is 9.19. The summed E-state index contributed by atoms with van der Waals surface area (Å²) < 4.78 is 14.1. The van der Waals surface area contributed by atoms with Crippen molar-refractivity contribution in [2.75, 3.05) is 13.1 Å². The van der Waals surface area contributed by atoms with Crippen LogP contribution >= 0.6 is 0 Å². The van der Waals surface area contributed by atoms with Gasteiger partial charge in [0, 0.05) is 0 Å². The largest absolute Gasteiger partial charge is 0.317 e. The van der Waals surface area contributed by atoms with Gasteiger partial charge in [-0.15, -0.1) is 0 Å². The molecule has 0 spiro atoms. The van der Waals surface area contributed by atoms with Gasteiger partial charge in [-0.3, -0.25) is 0 Å². The van der Waals surface area contributed by atoms with E-state index in [2.05, 4.69) is 5.32 Å². The summed E-state index contributed by atoms with van der Waals surface area (Å²) in [4.78, 5) is 0. The smallest absolute Gasteiger partial charge is 0.113 e. The van der Waals surface area contributed by atoms with E-state index in [1.54, 1.807) is 6.92 Å². The zero-order valence-electron chi connectivity index (χ0n) is 8.36. The normalized spacial score (nSPS) is 25.8. The molecule has 72 valence electrons. The third-order valence-corrected chi connectivity index (χ3v) is 3.27. The van der Waals surface area contributed by atoms with Crippen LogP contribution in [-0.2, 0) is 0 Å². The summed E-state index contributed by atoms with van der Waals surface area (Å²) in [5.41, 5.74) is -0.970. The Balaban J connectivity index is 2.53. The molecule has 0 radical (unpaired) electrons. The Morgan fingerprint density at radius 3 is 2.25 bits per heavy atom. The molecule has 0 aromatic rings. The Labute approximate surface area is 74.7 Å². The van der Waals surface area contributed by atoms with E-state index in [1.165, 1.54) is 0 Å². The SMILES string of the molecule is CC(C)C(C)(F)C1CCNCC1. The highest BCUT2D eigenvalue weighted by Crippen LogP contribution is 2.35. The Kier molecular flexibility index (Phi) is 3.10. The van der Waals surface area contributed by atoms with Gasteiger partial charge in [0.15, 0.2) is 0 Å². The molecule has 2 heteroatoms. The number of piperidine rings is 1. The number of halogens is 1. The lowest BCUT2D eigenvalue weighted by Crippen LogP contribution is -2.42. The zero-order valence-corrected chi connectivity index (χ0v) is 8.36. The van der Waals surface area contributed by atoms with E-state index in [0.717, 1.165) is 25.9 Å². The van der Waals surface area contributed by atoms with Crippen molar-refractivity contribution in [1.29, 1.82) is 0 Å². The second-order valence-electron chi connectivity index (χ2n) is 4.33. The van der Waals surface area contributed by atoms with Crippen LogP contribution in [-0.4, -0.2) is 18.8 Å². The summed E-state index contributed by atoms with van der Waals surface area (Å²) in [6.07, 6.45) is 1.98. The average molecular weight is 173 g/mol. The van der Waals surface area contributed by atoms with Crippen molar-refractivity contribution in [2.24, 2.45) is 11.8 Å². The lowest BCUT2D eigenvalue weighted by Gasteiger charge is -2.36. The van der Waals surface area contributed by atoms with Crippen LogP contribution in [0.1, 0.15) is 33.6 Å². The van der Waals surface area contributed by atoms with E-state index in [4.69, 9.17) is 0 Å². The molecule has 1 aliphatic rings. The highest BCUT2D eigenvalue weighted by atomic mass is 19.1. The molecule has 0 aromatic heterocycles. The van der Waals surface area contributed by atoms with E-state index < -0.39 is 5.67 Å². The highest BCUT2D eigenvalue weighted by Gasteiger charge is 2.37. The van der Waals surface area contributed by atoms with Crippen LogP contribution in [0.2, 0.25) is 0 Å². The molecule has 1 atom stereocenters. The third kappa shape index (κ3) is 1.98. The fraction of sp³-hybridized carbons (Fsp3) is 1.00. The molecule has 1 unspecified atom stereocenters. The molecule has 1 rings (SSSR count). The standard InChI is InChI=1S/C10H20FN/c1-8(2)10(3,11)9-4-6-12-7-5-9/h8-9,12H,4-7H2,1-3H3. The van der Waals surface area contributed by atoms with Crippen molar-refractivity contribution in [3.63, 3.8) is 0 Å². The van der Waals surface area contributed by atoms with Gasteiger partial charge >= 0.3 is 0 Å². The van der Waals surface area contributed by atoms with Crippen LogP contribution < -0.4 is 5.32 Å². The summed E-state index contributed by atoms with van der Waals surface area (Å²) in [7, 11) is 0. The average Bonchev–Trinajstić information content (AvgIpc) is 2.06. The van der Waals surface area contributed by atoms with Crippen molar-refractivity contribution in [2.45, 2.75) is 39.3 Å². The Morgan fingerprint density at radius 1 is 1.33 bits per heavy atom. The van der Waals surface area contributed by atoms with Crippen LogP contribution in [0.15, 0.2) is 0 Å². The first-order chi connectivity index (χ1) is 5.55. The Bertz CT molecular complexity index is 137. The van der Waals surface area contributed by atoms with Crippen LogP contribution in [0.3, 0.4) is 0 Å². The molecular weight excluding hydrogens is 153 g/mol. The summed E-state index contributed by atoms with van der Waals surface area (Å²) >= 11 is 0. The highest BCUT2D eigenvalue weighted by molar-refractivity contribution is 4.88. The van der Waals surface area contributed by atoms with E-state index >= 15 is 0 Å². The lowest BCUT2D eigenvalue weighted by atomic mass is 9.77. The Hall–Kier alpha value is -0.110. The minimum absolute atomic E-state index is 0.139. The summed E-state index contributed by atoms with van der Waals surface area (Å²) in [5, 5.41) is 3.26. The van der Waals surface area contributed by atoms with Gasteiger partial charge in [0.2, 0.25) is 0 Å². The minimum atomic E-state index is -0.970. The first kappa shape index (κ1) is 9.97. The van der Waals surface area contributed by atoms with Gasteiger partial charge in [0.05, 0.1) is 0 Å². The molecule has 1 aliphatic heterocycles. The minimum Gasteiger partial charge on any atom is -0.317 e. The molecule has 1 heterocycles. The van der Waals surface area contributed by atoms with Gasteiger partial charge in [-0.25, -0.2) is 4.39 Å². The van der Waals surface area contributed by atoms with Crippen LogP contribution in [0.5, 0.6) is 0 Å². The maximum Gasteiger partial charge on any atom is 0.113 e. The fourth-order valence-corrected chi connectivity index (χ4v) is 1.86. The molecule has 0 amide bonds. The van der Waals surface area contributed by atoms with Crippen LogP contribution in [0.25, 0.3) is 0 Å². The molecule has 1 fully saturated rings. The van der Waals surface area contributed by atoms with E-state index in [1.807, 2.05) is 13.8 Å². The maximum atomic E-state index is 14.1. The van der Waals surface area contributed by atoms with Gasteiger partial charge in [-0.2, -0.15) is 0 Å². The van der Waals surface area contributed by atoms with Crippen molar-refractivity contribution >= 4 is 0 Å². The molecule has 0 aliphatic carbocycles. The van der Waals surface area contributed by atoms with Gasteiger partial charge < -0.3 is 5.32 Å². The molecule has 0 aromatic carbocycles. The van der Waals surface area contributed by atoms with E-state index in [-0.39, 0.29) is 11.8 Å². The molecule has 12 heavy (non-hydrogen) atoms. The summed E-state index contributed by atoms with van der Waals surface area (Å²) in [6, 6.07) is 0. The maximum absolute atomic E-state index is 14.1. The second-order valence-corrected chi connectivity index (χ2v) is 4.33. The van der Waals surface area contributed by atoms with Crippen LogP contribution in [0, 0.1) is 11.8 Å². The molecule has 1 nitrogen and oxygen atoms in total. The second kappa shape index (κ2) is 3.73.